The molecule has 29 heavy (non-hydrogen) atoms. The highest BCUT2D eigenvalue weighted by Gasteiger charge is 2.69. The van der Waals surface area contributed by atoms with Gasteiger partial charge in [0.15, 0.2) is 0 Å². The first-order chi connectivity index (χ1) is 13.4. The maximum Gasteiger partial charge on any atom is 0.252 e. The van der Waals surface area contributed by atoms with Crippen molar-refractivity contribution in [3.8, 4) is 6.07 Å². The second kappa shape index (κ2) is 7.28. The Kier molecular flexibility index (Phi) is 5.41. The third-order valence-corrected chi connectivity index (χ3v) is 6.97. The second-order valence-electron chi connectivity index (χ2n) is 10.4. The predicted molar refractivity (Wildman–Crippen MR) is 105 cm³/mol. The molecule has 1 aliphatic carbocycles. The molecule has 0 aromatic heterocycles. The van der Waals surface area contributed by atoms with Crippen LogP contribution in [0.1, 0.15) is 47.5 Å². The molecule has 2 saturated heterocycles. The molecule has 0 aromatic carbocycles. The number of carbonyl (C=O) groups excluding carboxylic acids is 3. The largest absolute Gasteiger partial charge is 0.383 e. The molecule has 8 nitrogen and oxygen atoms in total. The Morgan fingerprint density at radius 3 is 2.59 bits per heavy atom. The minimum absolute atomic E-state index is 0.00717. The lowest BCUT2D eigenvalue weighted by Crippen LogP contribution is -2.55. The smallest absolute Gasteiger partial charge is 0.252 e. The monoisotopic (exact) mass is 404 g/mol. The maximum absolute atomic E-state index is 13.1. The number of aliphatic hydroxyl groups excluding tert-OH is 1. The van der Waals surface area contributed by atoms with E-state index < -0.39 is 29.5 Å². The van der Waals surface area contributed by atoms with E-state index in [4.69, 9.17) is 0 Å². The third kappa shape index (κ3) is 3.85. The summed E-state index contributed by atoms with van der Waals surface area (Å²) in [4.78, 5) is 39.4. The van der Waals surface area contributed by atoms with E-state index in [1.54, 1.807) is 20.8 Å². The van der Waals surface area contributed by atoms with Gasteiger partial charge in [0, 0.05) is 19.0 Å². The van der Waals surface area contributed by atoms with Gasteiger partial charge in [-0.05, 0) is 35.5 Å². The molecule has 3 amide bonds. The molecule has 0 radical (unpaired) electrons. The molecule has 3 N–H and O–H groups in total. The number of hydrogen-bond acceptors (Lipinski definition) is 5. The van der Waals surface area contributed by atoms with E-state index >= 15 is 0 Å². The first-order valence-corrected chi connectivity index (χ1v) is 10.4. The molecule has 160 valence electrons. The molecular formula is C21H32N4O4. The number of rotatable bonds is 5. The van der Waals surface area contributed by atoms with E-state index in [0.717, 1.165) is 0 Å². The molecule has 2 aliphatic heterocycles. The number of nitriles is 1. The highest BCUT2D eigenvalue weighted by molar-refractivity contribution is 5.91. The van der Waals surface area contributed by atoms with E-state index in [1.165, 1.54) is 4.90 Å². The van der Waals surface area contributed by atoms with Gasteiger partial charge in [0.05, 0.1) is 6.07 Å². The van der Waals surface area contributed by atoms with E-state index in [2.05, 4.69) is 30.6 Å². The highest BCUT2D eigenvalue weighted by Crippen LogP contribution is 2.65. The van der Waals surface area contributed by atoms with Crippen molar-refractivity contribution < 1.29 is 19.5 Å². The Balaban J connectivity index is 1.73. The number of aliphatic hydroxyl groups is 1. The summed E-state index contributed by atoms with van der Waals surface area (Å²) in [7, 11) is 0. The minimum atomic E-state index is -1.20. The van der Waals surface area contributed by atoms with Crippen molar-refractivity contribution in [2.45, 2.75) is 65.6 Å². The summed E-state index contributed by atoms with van der Waals surface area (Å²) in [6.45, 7) is 10.5. The molecule has 0 bridgehead atoms. The van der Waals surface area contributed by atoms with Crippen LogP contribution in [0.25, 0.3) is 0 Å². The summed E-state index contributed by atoms with van der Waals surface area (Å²) < 4.78 is 0. The van der Waals surface area contributed by atoms with E-state index in [9.17, 15) is 24.8 Å². The second-order valence-corrected chi connectivity index (χ2v) is 10.4. The fraction of sp³-hybridized carbons (Fsp3) is 0.810. The van der Waals surface area contributed by atoms with Gasteiger partial charge in [-0.2, -0.15) is 5.26 Å². The lowest BCUT2D eigenvalue weighted by atomic mass is 9.87. The number of amides is 3. The normalized spacial score (nSPS) is 32.0. The number of piperidine rings is 1. The van der Waals surface area contributed by atoms with Crippen molar-refractivity contribution in [1.82, 2.24) is 15.5 Å². The number of likely N-dealkylation sites (tertiary alicyclic amines) is 1. The molecule has 0 unspecified atom stereocenters. The molecular weight excluding hydrogens is 372 g/mol. The van der Waals surface area contributed by atoms with Crippen molar-refractivity contribution >= 4 is 17.7 Å². The van der Waals surface area contributed by atoms with Crippen molar-refractivity contribution in [2.24, 2.45) is 28.6 Å². The Hall–Kier alpha value is -2.14. The van der Waals surface area contributed by atoms with Gasteiger partial charge in [-0.1, -0.05) is 34.6 Å². The number of carbonyl (C=O) groups is 3. The maximum atomic E-state index is 13.1. The van der Waals surface area contributed by atoms with Gasteiger partial charge < -0.3 is 20.6 Å². The van der Waals surface area contributed by atoms with Crippen molar-refractivity contribution in [3.63, 3.8) is 0 Å². The molecule has 8 heteroatoms. The van der Waals surface area contributed by atoms with Crippen LogP contribution >= 0.6 is 0 Å². The third-order valence-electron chi connectivity index (χ3n) is 6.97. The number of fused-ring (bicyclic) bond motifs is 1. The van der Waals surface area contributed by atoms with Crippen LogP contribution in [0.15, 0.2) is 0 Å². The first kappa shape index (κ1) is 21.6. The van der Waals surface area contributed by atoms with Gasteiger partial charge in [0.2, 0.25) is 11.8 Å². The summed E-state index contributed by atoms with van der Waals surface area (Å²) in [5.74, 6) is -0.974. The average molecular weight is 405 g/mol. The zero-order valence-electron chi connectivity index (χ0n) is 17.9. The van der Waals surface area contributed by atoms with Crippen LogP contribution in [0, 0.1) is 39.9 Å². The molecule has 2 heterocycles. The summed E-state index contributed by atoms with van der Waals surface area (Å²) >= 11 is 0. The Bertz CT molecular complexity index is 751. The van der Waals surface area contributed by atoms with Crippen LogP contribution in [0.3, 0.4) is 0 Å². The molecule has 0 aromatic rings. The highest BCUT2D eigenvalue weighted by atomic mass is 16.3. The number of nitrogens with zero attached hydrogens (tertiary/aromatic N) is 2. The van der Waals surface area contributed by atoms with Crippen LogP contribution in [0.5, 0.6) is 0 Å². The van der Waals surface area contributed by atoms with Crippen LogP contribution in [-0.2, 0) is 14.4 Å². The molecule has 0 spiro atoms. The fourth-order valence-electron chi connectivity index (χ4n) is 4.90. The lowest BCUT2D eigenvalue weighted by molar-refractivity contribution is -0.151. The quantitative estimate of drug-likeness (QED) is 0.613. The van der Waals surface area contributed by atoms with Gasteiger partial charge in [-0.15, -0.1) is 0 Å². The lowest BCUT2D eigenvalue weighted by Gasteiger charge is -2.35. The van der Waals surface area contributed by atoms with Crippen LogP contribution in [0.4, 0.5) is 0 Å². The van der Waals surface area contributed by atoms with Gasteiger partial charge in [0.25, 0.3) is 5.91 Å². The van der Waals surface area contributed by atoms with E-state index in [-0.39, 0.29) is 41.4 Å². The number of nitrogens with one attached hydrogen (secondary N) is 2. The van der Waals surface area contributed by atoms with Crippen LogP contribution < -0.4 is 10.6 Å². The molecule has 3 rings (SSSR count). The van der Waals surface area contributed by atoms with Crippen LogP contribution in [-0.4, -0.2) is 59.0 Å². The Labute approximate surface area is 172 Å². The summed E-state index contributed by atoms with van der Waals surface area (Å²) in [5, 5.41) is 25.5. The van der Waals surface area contributed by atoms with Gasteiger partial charge in [-0.3, -0.25) is 14.4 Å². The van der Waals surface area contributed by atoms with Crippen molar-refractivity contribution in [2.75, 3.05) is 13.1 Å². The summed E-state index contributed by atoms with van der Waals surface area (Å²) in [6, 6.07) is 0.588. The minimum Gasteiger partial charge on any atom is -0.383 e. The summed E-state index contributed by atoms with van der Waals surface area (Å²) in [5.41, 5.74) is -0.690. The summed E-state index contributed by atoms with van der Waals surface area (Å²) in [6.07, 6.45) is -0.292. The molecule has 6 atom stereocenters. The molecule has 3 aliphatic rings. The first-order valence-electron chi connectivity index (χ1n) is 10.4. The Morgan fingerprint density at radius 2 is 2.07 bits per heavy atom. The van der Waals surface area contributed by atoms with Crippen LogP contribution in [0.2, 0.25) is 0 Å². The van der Waals surface area contributed by atoms with Gasteiger partial charge in [-0.25, -0.2) is 0 Å². The SMILES string of the molecule is CC(C)(C)[C@H](O)C(=O)N1C[C@H]2[C@@H]([C@H]1C(=O)N[C@H](C#N)C[C@@H]1CCNC1=O)C2(C)C. The van der Waals surface area contributed by atoms with Gasteiger partial charge in [0.1, 0.15) is 18.2 Å². The van der Waals surface area contributed by atoms with Crippen molar-refractivity contribution in [3.05, 3.63) is 0 Å². The predicted octanol–water partition coefficient (Wildman–Crippen LogP) is 0.411. The average Bonchev–Trinajstić information content (AvgIpc) is 3.02. The molecule has 1 saturated carbocycles. The number of hydrogen-bond donors (Lipinski definition) is 3. The zero-order chi connectivity index (χ0) is 21.7. The Morgan fingerprint density at radius 1 is 1.41 bits per heavy atom. The topological polar surface area (TPSA) is 123 Å². The zero-order valence-corrected chi connectivity index (χ0v) is 17.9. The van der Waals surface area contributed by atoms with E-state index in [1.807, 2.05) is 0 Å². The fourth-order valence-corrected chi connectivity index (χ4v) is 4.90. The van der Waals surface area contributed by atoms with Gasteiger partial charge >= 0.3 is 0 Å². The molecule has 3 fully saturated rings. The van der Waals surface area contributed by atoms with E-state index in [0.29, 0.717) is 19.5 Å². The van der Waals surface area contributed by atoms with Crippen molar-refractivity contribution in [1.29, 1.82) is 5.26 Å². The standard InChI is InChI=1S/C21H32N4O4/c1-20(2,3)16(26)19(29)25-10-13-14(21(13,4)5)15(25)18(28)24-12(9-22)8-11-6-7-23-17(11)27/h11-16,26H,6-8,10H2,1-5H3,(H,23,27)(H,24,28)/t11-,12-,13-,14-,15-,16+/m0/s1.